The topological polar surface area (TPSA) is 49.3 Å². The van der Waals surface area contributed by atoms with Crippen molar-refractivity contribution in [1.29, 1.82) is 0 Å². The van der Waals surface area contributed by atoms with E-state index in [-0.39, 0.29) is 6.54 Å². The maximum absolute atomic E-state index is 12.8. The lowest BCUT2D eigenvalue weighted by atomic mass is 10.3. The smallest absolute Gasteiger partial charge is 0.280 e. The maximum Gasteiger partial charge on any atom is 0.280 e. The number of aliphatic hydroxyl groups excluding tert-OH is 1. The molecule has 1 unspecified atom stereocenters. The molecule has 3 nitrogen and oxygen atoms in total. The predicted molar refractivity (Wildman–Crippen MR) is 44.2 cm³/mol. The molecular weight excluding hydrogens is 161 g/mol. The highest BCUT2D eigenvalue weighted by atomic mass is 19.1. The molecule has 0 radical (unpaired) electrons. The van der Waals surface area contributed by atoms with Gasteiger partial charge in [0.1, 0.15) is 0 Å². The molecule has 0 aliphatic rings. The Morgan fingerprint density at radius 3 is 2.42 bits per heavy atom. The zero-order valence-corrected chi connectivity index (χ0v) is 7.52. The standard InChI is InChI=1S/C8H14FNO2/c1-5(2)7(9)8(12)10-4-6(3)11/h6,11H,4H2,1-3H3,(H,10,12). The lowest BCUT2D eigenvalue weighted by molar-refractivity contribution is -0.119. The molecule has 70 valence electrons. The minimum Gasteiger partial charge on any atom is -0.392 e. The Hall–Kier alpha value is -0.900. The second-order valence-electron chi connectivity index (χ2n) is 2.87. The highest BCUT2D eigenvalue weighted by Gasteiger charge is 2.09. The summed E-state index contributed by atoms with van der Waals surface area (Å²) in [7, 11) is 0. The van der Waals surface area contributed by atoms with E-state index in [0.29, 0.717) is 5.57 Å². The Balaban J connectivity index is 3.98. The Bertz CT molecular complexity index is 195. The number of halogens is 1. The molecule has 0 aliphatic heterocycles. The minimum absolute atomic E-state index is 0.0690. The number of hydrogen-bond donors (Lipinski definition) is 2. The third-order valence-corrected chi connectivity index (χ3v) is 1.20. The number of amides is 1. The minimum atomic E-state index is -0.782. The van der Waals surface area contributed by atoms with Crippen molar-refractivity contribution in [1.82, 2.24) is 5.32 Å². The van der Waals surface area contributed by atoms with E-state index >= 15 is 0 Å². The summed E-state index contributed by atoms with van der Waals surface area (Å²) in [6.07, 6.45) is -0.654. The molecule has 0 aromatic rings. The van der Waals surface area contributed by atoms with Gasteiger partial charge in [-0.05, 0) is 26.3 Å². The highest BCUT2D eigenvalue weighted by molar-refractivity contribution is 5.91. The number of hydrogen-bond acceptors (Lipinski definition) is 2. The van der Waals surface area contributed by atoms with Gasteiger partial charge in [-0.1, -0.05) is 0 Å². The molecule has 0 fully saturated rings. The SMILES string of the molecule is CC(C)=C(F)C(=O)NCC(C)O. The summed E-state index contributed by atoms with van der Waals surface area (Å²) < 4.78 is 12.8. The van der Waals surface area contributed by atoms with Gasteiger partial charge in [-0.3, -0.25) is 4.79 Å². The highest BCUT2D eigenvalue weighted by Crippen LogP contribution is 2.03. The van der Waals surface area contributed by atoms with Crippen LogP contribution in [0.1, 0.15) is 20.8 Å². The average molecular weight is 175 g/mol. The predicted octanol–water partition coefficient (Wildman–Crippen LogP) is 0.747. The van der Waals surface area contributed by atoms with Crippen LogP contribution in [0.3, 0.4) is 0 Å². The molecule has 0 aromatic carbocycles. The molecule has 0 saturated carbocycles. The van der Waals surface area contributed by atoms with Crippen LogP contribution < -0.4 is 5.32 Å². The third kappa shape index (κ3) is 4.08. The number of allylic oxidation sites excluding steroid dienone is 1. The van der Waals surface area contributed by atoms with Gasteiger partial charge in [-0.25, -0.2) is 4.39 Å². The van der Waals surface area contributed by atoms with Crippen LogP contribution in [-0.2, 0) is 4.79 Å². The maximum atomic E-state index is 12.8. The number of aliphatic hydroxyl groups is 1. The van der Waals surface area contributed by atoms with Crippen molar-refractivity contribution >= 4 is 5.91 Å². The molecule has 0 bridgehead atoms. The fraction of sp³-hybridized carbons (Fsp3) is 0.625. The van der Waals surface area contributed by atoms with Crippen LogP contribution in [0.2, 0.25) is 0 Å². The lowest BCUT2D eigenvalue weighted by Crippen LogP contribution is -2.31. The van der Waals surface area contributed by atoms with Crippen LogP contribution in [0.5, 0.6) is 0 Å². The van der Waals surface area contributed by atoms with Gasteiger partial charge in [0.2, 0.25) is 0 Å². The summed E-state index contributed by atoms with van der Waals surface area (Å²) in [6, 6.07) is 0. The zero-order valence-electron chi connectivity index (χ0n) is 7.52. The van der Waals surface area contributed by atoms with E-state index in [1.54, 1.807) is 0 Å². The molecule has 0 saturated heterocycles. The van der Waals surface area contributed by atoms with E-state index in [4.69, 9.17) is 5.11 Å². The third-order valence-electron chi connectivity index (χ3n) is 1.20. The van der Waals surface area contributed by atoms with E-state index in [1.807, 2.05) is 0 Å². The quantitative estimate of drug-likeness (QED) is 0.622. The summed E-state index contributed by atoms with van der Waals surface area (Å²) in [5.41, 5.74) is 0.332. The molecule has 1 amide bonds. The van der Waals surface area contributed by atoms with Crippen LogP contribution in [0.15, 0.2) is 11.4 Å². The van der Waals surface area contributed by atoms with Gasteiger partial charge in [0.05, 0.1) is 6.10 Å². The van der Waals surface area contributed by atoms with Gasteiger partial charge < -0.3 is 10.4 Å². The van der Waals surface area contributed by atoms with E-state index in [0.717, 1.165) is 0 Å². The number of rotatable bonds is 3. The van der Waals surface area contributed by atoms with Crippen LogP contribution in [-0.4, -0.2) is 23.7 Å². The van der Waals surface area contributed by atoms with Crippen molar-refractivity contribution in [3.63, 3.8) is 0 Å². The normalized spacial score (nSPS) is 12.1. The van der Waals surface area contributed by atoms with Crippen molar-refractivity contribution < 1.29 is 14.3 Å². The molecular formula is C8H14FNO2. The summed E-state index contributed by atoms with van der Waals surface area (Å²) >= 11 is 0. The van der Waals surface area contributed by atoms with Crippen LogP contribution in [0.25, 0.3) is 0 Å². The second-order valence-corrected chi connectivity index (χ2v) is 2.87. The summed E-state index contributed by atoms with van der Waals surface area (Å²) in [5.74, 6) is -1.55. The number of carbonyl (C=O) groups is 1. The first-order valence-corrected chi connectivity index (χ1v) is 3.74. The van der Waals surface area contributed by atoms with Gasteiger partial charge in [0, 0.05) is 6.54 Å². The van der Waals surface area contributed by atoms with E-state index in [1.165, 1.54) is 20.8 Å². The molecule has 0 rings (SSSR count). The number of carbonyl (C=O) groups excluding carboxylic acids is 1. The van der Waals surface area contributed by atoms with Crippen LogP contribution in [0.4, 0.5) is 4.39 Å². The van der Waals surface area contributed by atoms with Gasteiger partial charge in [0.15, 0.2) is 5.83 Å². The van der Waals surface area contributed by atoms with Crippen LogP contribution in [0, 0.1) is 0 Å². The summed E-state index contributed by atoms with van der Waals surface area (Å²) in [4.78, 5) is 10.8. The van der Waals surface area contributed by atoms with Crippen molar-refractivity contribution in [2.24, 2.45) is 0 Å². The van der Waals surface area contributed by atoms with E-state index < -0.39 is 17.8 Å². The average Bonchev–Trinajstić information content (AvgIpc) is 1.98. The lowest BCUT2D eigenvalue weighted by Gasteiger charge is -2.05. The zero-order chi connectivity index (χ0) is 9.72. The second kappa shape index (κ2) is 4.87. The van der Waals surface area contributed by atoms with Gasteiger partial charge in [-0.2, -0.15) is 0 Å². The van der Waals surface area contributed by atoms with Crippen molar-refractivity contribution in [3.8, 4) is 0 Å². The summed E-state index contributed by atoms with van der Waals surface area (Å²) in [6.45, 7) is 4.61. The first-order valence-electron chi connectivity index (χ1n) is 3.74. The molecule has 2 N–H and O–H groups in total. The van der Waals surface area contributed by atoms with Gasteiger partial charge >= 0.3 is 0 Å². The Kier molecular flexibility index (Phi) is 4.51. The molecule has 0 aromatic heterocycles. The molecule has 0 heterocycles. The Labute approximate surface area is 71.3 Å². The van der Waals surface area contributed by atoms with Crippen LogP contribution >= 0.6 is 0 Å². The summed E-state index contributed by atoms with van der Waals surface area (Å²) in [5, 5.41) is 11.0. The molecule has 0 spiro atoms. The Morgan fingerprint density at radius 1 is 1.58 bits per heavy atom. The van der Waals surface area contributed by atoms with Crippen molar-refractivity contribution in [2.75, 3.05) is 6.54 Å². The fourth-order valence-electron chi connectivity index (χ4n) is 0.545. The van der Waals surface area contributed by atoms with Gasteiger partial charge in [-0.15, -0.1) is 0 Å². The number of nitrogens with one attached hydrogen (secondary N) is 1. The molecule has 12 heavy (non-hydrogen) atoms. The van der Waals surface area contributed by atoms with Crippen molar-refractivity contribution in [3.05, 3.63) is 11.4 Å². The first kappa shape index (κ1) is 11.1. The fourth-order valence-corrected chi connectivity index (χ4v) is 0.545. The van der Waals surface area contributed by atoms with E-state index in [2.05, 4.69) is 5.32 Å². The van der Waals surface area contributed by atoms with Gasteiger partial charge in [0.25, 0.3) is 5.91 Å². The molecule has 0 aliphatic carbocycles. The molecule has 4 heteroatoms. The largest absolute Gasteiger partial charge is 0.392 e. The first-order chi connectivity index (χ1) is 5.45. The Morgan fingerprint density at radius 2 is 2.08 bits per heavy atom. The van der Waals surface area contributed by atoms with Crippen molar-refractivity contribution in [2.45, 2.75) is 26.9 Å². The van der Waals surface area contributed by atoms with E-state index in [9.17, 15) is 9.18 Å². The monoisotopic (exact) mass is 175 g/mol. The molecule has 1 atom stereocenters.